The highest BCUT2D eigenvalue weighted by molar-refractivity contribution is 14.1. The van der Waals surface area contributed by atoms with Crippen molar-refractivity contribution >= 4 is 28.6 Å². The third kappa shape index (κ3) is 2.93. The number of esters is 1. The Morgan fingerprint density at radius 1 is 1.33 bits per heavy atom. The monoisotopic (exact) mass is 318 g/mol. The summed E-state index contributed by atoms with van der Waals surface area (Å²) in [6.07, 6.45) is 0. The molecule has 0 saturated heterocycles. The third-order valence-electron chi connectivity index (χ3n) is 2.24. The van der Waals surface area contributed by atoms with Crippen molar-refractivity contribution in [3.8, 4) is 0 Å². The van der Waals surface area contributed by atoms with E-state index in [1.165, 1.54) is 12.7 Å². The van der Waals surface area contributed by atoms with Crippen molar-refractivity contribution in [2.24, 2.45) is 0 Å². The predicted octanol–water partition coefficient (Wildman–Crippen LogP) is 3.38. The minimum Gasteiger partial charge on any atom is -0.465 e. The van der Waals surface area contributed by atoms with E-state index in [-0.39, 0.29) is 11.4 Å². The highest BCUT2D eigenvalue weighted by Crippen LogP contribution is 2.25. The second-order valence-electron chi connectivity index (χ2n) is 4.44. The van der Waals surface area contributed by atoms with Gasteiger partial charge in [-0.2, -0.15) is 0 Å². The van der Waals surface area contributed by atoms with Gasteiger partial charge in [0.15, 0.2) is 0 Å². The quantitative estimate of drug-likeness (QED) is 0.586. The number of methoxy groups -OCH3 is 1. The van der Waals surface area contributed by atoms with Crippen LogP contribution in [-0.4, -0.2) is 13.1 Å². The van der Waals surface area contributed by atoms with Crippen LogP contribution in [0, 0.1) is 3.57 Å². The van der Waals surface area contributed by atoms with E-state index in [0.717, 1.165) is 3.57 Å². The summed E-state index contributed by atoms with van der Waals surface area (Å²) in [5.41, 5.74) is 1.96. The lowest BCUT2D eigenvalue weighted by Gasteiger charge is -2.19. The van der Waals surface area contributed by atoms with Gasteiger partial charge in [0, 0.05) is 3.57 Å². The molecule has 0 atom stereocenters. The molecule has 0 aliphatic carbocycles. The van der Waals surface area contributed by atoms with Gasteiger partial charge < -0.3 is 4.74 Å². The number of rotatable bonds is 1. The van der Waals surface area contributed by atoms with Crippen LogP contribution in [0.15, 0.2) is 18.2 Å². The highest BCUT2D eigenvalue weighted by atomic mass is 127. The first-order chi connectivity index (χ1) is 6.86. The second-order valence-corrected chi connectivity index (χ2v) is 5.60. The van der Waals surface area contributed by atoms with E-state index >= 15 is 0 Å². The van der Waals surface area contributed by atoms with E-state index in [0.29, 0.717) is 5.56 Å². The van der Waals surface area contributed by atoms with Gasteiger partial charge in [0.1, 0.15) is 0 Å². The topological polar surface area (TPSA) is 26.3 Å². The highest BCUT2D eigenvalue weighted by Gasteiger charge is 2.17. The molecule has 0 aromatic heterocycles. The lowest BCUT2D eigenvalue weighted by Crippen LogP contribution is -2.13. The van der Waals surface area contributed by atoms with Crippen LogP contribution in [0.5, 0.6) is 0 Å². The Morgan fingerprint density at radius 2 is 1.93 bits per heavy atom. The number of hydrogen-bond donors (Lipinski definition) is 0. The zero-order valence-corrected chi connectivity index (χ0v) is 11.6. The van der Waals surface area contributed by atoms with Gasteiger partial charge >= 0.3 is 5.97 Å². The van der Waals surface area contributed by atoms with Crippen LogP contribution < -0.4 is 0 Å². The van der Waals surface area contributed by atoms with Crippen molar-refractivity contribution in [1.82, 2.24) is 0 Å². The average Bonchev–Trinajstić information content (AvgIpc) is 2.15. The molecule has 0 unspecified atom stereocenters. The molecule has 1 aromatic carbocycles. The second kappa shape index (κ2) is 4.51. The number of hydrogen-bond acceptors (Lipinski definition) is 2. The molecule has 0 radical (unpaired) electrons. The summed E-state index contributed by atoms with van der Waals surface area (Å²) in [5.74, 6) is -0.278. The fourth-order valence-corrected chi connectivity index (χ4v) is 1.99. The maximum atomic E-state index is 11.4. The summed E-state index contributed by atoms with van der Waals surface area (Å²) >= 11 is 2.16. The normalized spacial score (nSPS) is 11.3. The predicted molar refractivity (Wildman–Crippen MR) is 69.2 cm³/mol. The molecule has 2 nitrogen and oxygen atoms in total. The average molecular weight is 318 g/mol. The Bertz CT molecular complexity index is 378. The Hall–Kier alpha value is -0.580. The van der Waals surface area contributed by atoms with Gasteiger partial charge in [-0.3, -0.25) is 0 Å². The Labute approximate surface area is 104 Å². The van der Waals surface area contributed by atoms with Crippen molar-refractivity contribution in [3.05, 3.63) is 32.9 Å². The SMILES string of the molecule is COC(=O)c1ccc(C(C)(C)C)cc1I. The molecule has 0 spiro atoms. The standard InChI is InChI=1S/C12H15IO2/c1-12(2,3)8-5-6-9(10(13)7-8)11(14)15-4/h5-7H,1-4H3. The molecular formula is C12H15IO2. The van der Waals surface area contributed by atoms with Crippen LogP contribution >= 0.6 is 22.6 Å². The van der Waals surface area contributed by atoms with Crippen LogP contribution in [0.3, 0.4) is 0 Å². The van der Waals surface area contributed by atoms with Crippen LogP contribution in [0.4, 0.5) is 0 Å². The first kappa shape index (κ1) is 12.5. The first-order valence-electron chi connectivity index (χ1n) is 4.74. The smallest absolute Gasteiger partial charge is 0.338 e. The molecule has 3 heteroatoms. The van der Waals surface area contributed by atoms with Crippen molar-refractivity contribution < 1.29 is 9.53 Å². The molecule has 0 bridgehead atoms. The van der Waals surface area contributed by atoms with Gasteiger partial charge in [0.2, 0.25) is 0 Å². The third-order valence-corrected chi connectivity index (χ3v) is 3.13. The van der Waals surface area contributed by atoms with E-state index in [9.17, 15) is 4.79 Å². The zero-order valence-electron chi connectivity index (χ0n) is 9.43. The first-order valence-corrected chi connectivity index (χ1v) is 5.82. The van der Waals surface area contributed by atoms with Gasteiger partial charge in [-0.1, -0.05) is 26.8 Å². The fourth-order valence-electron chi connectivity index (χ4n) is 1.26. The molecule has 1 rings (SSSR count). The van der Waals surface area contributed by atoms with Crippen molar-refractivity contribution in [1.29, 1.82) is 0 Å². The maximum Gasteiger partial charge on any atom is 0.338 e. The van der Waals surface area contributed by atoms with E-state index < -0.39 is 0 Å². The van der Waals surface area contributed by atoms with Crippen molar-refractivity contribution in [3.63, 3.8) is 0 Å². The largest absolute Gasteiger partial charge is 0.465 e. The van der Waals surface area contributed by atoms with Gasteiger partial charge in [0.25, 0.3) is 0 Å². The number of carbonyl (C=O) groups excluding carboxylic acids is 1. The molecule has 0 N–H and O–H groups in total. The Morgan fingerprint density at radius 3 is 2.33 bits per heavy atom. The summed E-state index contributed by atoms with van der Waals surface area (Å²) in [5, 5.41) is 0. The minimum atomic E-state index is -0.278. The number of ether oxygens (including phenoxy) is 1. The molecule has 0 saturated carbocycles. The zero-order chi connectivity index (χ0) is 11.6. The van der Waals surface area contributed by atoms with Gasteiger partial charge in [-0.15, -0.1) is 0 Å². The molecule has 0 aliphatic rings. The summed E-state index contributed by atoms with van der Waals surface area (Å²) in [6, 6.07) is 5.84. The van der Waals surface area contributed by atoms with E-state index in [1.54, 1.807) is 0 Å². The summed E-state index contributed by atoms with van der Waals surface area (Å²) in [6.45, 7) is 6.45. The van der Waals surface area contributed by atoms with Crippen molar-refractivity contribution in [2.45, 2.75) is 26.2 Å². The van der Waals surface area contributed by atoms with Crippen LogP contribution in [0.1, 0.15) is 36.7 Å². The van der Waals surface area contributed by atoms with E-state index in [1.807, 2.05) is 18.2 Å². The minimum absolute atomic E-state index is 0.106. The Balaban J connectivity index is 3.15. The van der Waals surface area contributed by atoms with Gasteiger partial charge in [-0.05, 0) is 45.7 Å². The van der Waals surface area contributed by atoms with Crippen LogP contribution in [0.2, 0.25) is 0 Å². The number of halogens is 1. The molecular weight excluding hydrogens is 303 g/mol. The molecule has 0 amide bonds. The van der Waals surface area contributed by atoms with Crippen molar-refractivity contribution in [2.75, 3.05) is 7.11 Å². The molecule has 0 aliphatic heterocycles. The van der Waals surface area contributed by atoms with Gasteiger partial charge in [-0.25, -0.2) is 4.79 Å². The van der Waals surface area contributed by atoms with Gasteiger partial charge in [0.05, 0.1) is 12.7 Å². The summed E-state index contributed by atoms with van der Waals surface area (Å²) < 4.78 is 5.64. The molecule has 15 heavy (non-hydrogen) atoms. The molecule has 82 valence electrons. The lowest BCUT2D eigenvalue weighted by molar-refractivity contribution is 0.0599. The summed E-state index contributed by atoms with van der Waals surface area (Å²) in [4.78, 5) is 11.4. The summed E-state index contributed by atoms with van der Waals surface area (Å²) in [7, 11) is 1.40. The van der Waals surface area contributed by atoms with Crippen LogP contribution in [0.25, 0.3) is 0 Å². The lowest BCUT2D eigenvalue weighted by atomic mass is 9.87. The number of benzene rings is 1. The molecule has 1 aromatic rings. The fraction of sp³-hybridized carbons (Fsp3) is 0.417. The maximum absolute atomic E-state index is 11.4. The Kier molecular flexibility index (Phi) is 3.76. The molecule has 0 fully saturated rings. The molecule has 0 heterocycles. The number of carbonyl (C=O) groups is 1. The van der Waals surface area contributed by atoms with Crippen LogP contribution in [-0.2, 0) is 10.2 Å². The van der Waals surface area contributed by atoms with E-state index in [2.05, 4.69) is 43.4 Å². The van der Waals surface area contributed by atoms with E-state index in [4.69, 9.17) is 4.74 Å².